The van der Waals surface area contributed by atoms with Crippen LogP contribution in [0.3, 0.4) is 0 Å². The minimum absolute atomic E-state index is 0. The van der Waals surface area contributed by atoms with Crippen LogP contribution in [0, 0.1) is 11.7 Å². The van der Waals surface area contributed by atoms with E-state index in [0.29, 0.717) is 18.0 Å². The van der Waals surface area contributed by atoms with Crippen LogP contribution in [0.5, 0.6) is 0 Å². The fourth-order valence-electron chi connectivity index (χ4n) is 2.91. The molecule has 1 aromatic carbocycles. The molecule has 0 spiro atoms. The molecule has 0 radical (unpaired) electrons. The summed E-state index contributed by atoms with van der Waals surface area (Å²) in [6.07, 6.45) is 4.39. The second-order valence-corrected chi connectivity index (χ2v) is 5.67. The maximum atomic E-state index is 13.2. The zero-order valence-electron chi connectivity index (χ0n) is 12.3. The molecule has 0 saturated heterocycles. The summed E-state index contributed by atoms with van der Waals surface area (Å²) in [4.78, 5) is 12.3. The summed E-state index contributed by atoms with van der Waals surface area (Å²) in [5, 5.41) is 3.10. The van der Waals surface area contributed by atoms with E-state index in [2.05, 4.69) is 5.32 Å². The predicted octanol–water partition coefficient (Wildman–Crippen LogP) is 2.98. The van der Waals surface area contributed by atoms with Gasteiger partial charge >= 0.3 is 0 Å². The molecule has 3 nitrogen and oxygen atoms in total. The summed E-state index contributed by atoms with van der Waals surface area (Å²) < 4.78 is 13.2. The minimum atomic E-state index is -0.342. The highest BCUT2D eigenvalue weighted by Crippen LogP contribution is 2.25. The number of carbonyl (C=O) groups is 1. The van der Waals surface area contributed by atoms with Crippen LogP contribution in [-0.4, -0.2) is 18.5 Å². The van der Waals surface area contributed by atoms with Gasteiger partial charge in [-0.25, -0.2) is 4.39 Å². The van der Waals surface area contributed by atoms with Crippen molar-refractivity contribution in [3.63, 3.8) is 0 Å². The SMILES string of the molecule is CC(C(=O)NC1CCCCC1CN)c1cccc(F)c1.Cl. The first-order chi connectivity index (χ1) is 9.61. The standard InChI is InChI=1S/C16H23FN2O.ClH/c1-11(12-6-4-7-14(17)9-12)16(20)19-15-8-3-2-5-13(15)10-18;/h4,6-7,9,11,13,15H,2-3,5,8,10,18H2,1H3,(H,19,20);1H. The summed E-state index contributed by atoms with van der Waals surface area (Å²) in [5.41, 5.74) is 6.49. The van der Waals surface area contributed by atoms with E-state index in [9.17, 15) is 9.18 Å². The van der Waals surface area contributed by atoms with Crippen LogP contribution in [0.15, 0.2) is 24.3 Å². The maximum absolute atomic E-state index is 13.2. The zero-order chi connectivity index (χ0) is 14.5. The molecule has 1 aliphatic rings. The van der Waals surface area contributed by atoms with Crippen LogP contribution in [0.1, 0.15) is 44.1 Å². The van der Waals surface area contributed by atoms with Crippen molar-refractivity contribution in [3.05, 3.63) is 35.6 Å². The van der Waals surface area contributed by atoms with E-state index >= 15 is 0 Å². The van der Waals surface area contributed by atoms with Gasteiger partial charge in [0.2, 0.25) is 5.91 Å². The van der Waals surface area contributed by atoms with E-state index in [1.807, 2.05) is 6.92 Å². The first-order valence-electron chi connectivity index (χ1n) is 7.37. The van der Waals surface area contributed by atoms with Crippen LogP contribution in [-0.2, 0) is 4.79 Å². The van der Waals surface area contributed by atoms with Crippen molar-refractivity contribution in [3.8, 4) is 0 Å². The van der Waals surface area contributed by atoms with E-state index < -0.39 is 0 Å². The van der Waals surface area contributed by atoms with Crippen LogP contribution in [0.2, 0.25) is 0 Å². The topological polar surface area (TPSA) is 55.1 Å². The lowest BCUT2D eigenvalue weighted by molar-refractivity contribution is -0.123. The normalized spacial score (nSPS) is 23.0. The molecule has 3 atom stereocenters. The molecule has 2 rings (SSSR count). The fourth-order valence-corrected chi connectivity index (χ4v) is 2.91. The van der Waals surface area contributed by atoms with Crippen LogP contribution < -0.4 is 11.1 Å². The van der Waals surface area contributed by atoms with Crippen molar-refractivity contribution in [2.75, 3.05) is 6.54 Å². The summed E-state index contributed by atoms with van der Waals surface area (Å²) in [7, 11) is 0. The van der Waals surface area contributed by atoms with Crippen LogP contribution in [0.25, 0.3) is 0 Å². The lowest BCUT2D eigenvalue weighted by Crippen LogP contribution is -2.46. The first kappa shape index (κ1) is 17.9. The number of hydrogen-bond donors (Lipinski definition) is 2. The molecule has 3 unspecified atom stereocenters. The maximum Gasteiger partial charge on any atom is 0.227 e. The van der Waals surface area contributed by atoms with E-state index in [4.69, 9.17) is 5.73 Å². The minimum Gasteiger partial charge on any atom is -0.353 e. The van der Waals surface area contributed by atoms with Gasteiger partial charge in [0.15, 0.2) is 0 Å². The zero-order valence-corrected chi connectivity index (χ0v) is 13.2. The largest absolute Gasteiger partial charge is 0.353 e. The molecule has 0 heterocycles. The second kappa shape index (κ2) is 8.35. The Balaban J connectivity index is 0.00000220. The van der Waals surface area contributed by atoms with Crippen molar-refractivity contribution in [2.45, 2.75) is 44.6 Å². The van der Waals surface area contributed by atoms with Crippen molar-refractivity contribution in [1.29, 1.82) is 0 Å². The summed E-state index contributed by atoms with van der Waals surface area (Å²) in [6, 6.07) is 6.40. The summed E-state index contributed by atoms with van der Waals surface area (Å²) >= 11 is 0. The van der Waals surface area contributed by atoms with Crippen LogP contribution >= 0.6 is 12.4 Å². The van der Waals surface area contributed by atoms with Gasteiger partial charge in [0.05, 0.1) is 5.92 Å². The van der Waals surface area contributed by atoms with Gasteiger partial charge < -0.3 is 11.1 Å². The fraction of sp³-hybridized carbons (Fsp3) is 0.562. The Hall–Kier alpha value is -1.13. The number of benzene rings is 1. The van der Waals surface area contributed by atoms with Gasteiger partial charge in [-0.15, -0.1) is 12.4 Å². The van der Waals surface area contributed by atoms with Gasteiger partial charge in [0.25, 0.3) is 0 Å². The molecule has 0 aliphatic heterocycles. The molecule has 0 aromatic heterocycles. The smallest absolute Gasteiger partial charge is 0.227 e. The molecule has 1 fully saturated rings. The lowest BCUT2D eigenvalue weighted by atomic mass is 9.84. The third-order valence-corrected chi connectivity index (χ3v) is 4.28. The number of carbonyl (C=O) groups excluding carboxylic acids is 1. The Kier molecular flexibility index (Phi) is 7.12. The molecule has 1 aromatic rings. The third kappa shape index (κ3) is 4.68. The molecule has 1 saturated carbocycles. The number of nitrogens with one attached hydrogen (secondary N) is 1. The first-order valence-corrected chi connectivity index (χ1v) is 7.37. The monoisotopic (exact) mass is 314 g/mol. The van der Waals surface area contributed by atoms with Gasteiger partial charge in [0.1, 0.15) is 5.82 Å². The number of nitrogens with two attached hydrogens (primary N) is 1. The molecule has 118 valence electrons. The Bertz CT molecular complexity index is 469. The highest BCUT2D eigenvalue weighted by atomic mass is 35.5. The Morgan fingerprint density at radius 1 is 1.43 bits per heavy atom. The average Bonchev–Trinajstić information content (AvgIpc) is 2.47. The van der Waals surface area contributed by atoms with E-state index in [-0.39, 0.29) is 36.1 Å². The second-order valence-electron chi connectivity index (χ2n) is 5.67. The number of rotatable bonds is 4. The molecular formula is C16H24ClFN2O. The molecule has 21 heavy (non-hydrogen) atoms. The number of hydrogen-bond acceptors (Lipinski definition) is 2. The van der Waals surface area contributed by atoms with Gasteiger partial charge in [0, 0.05) is 6.04 Å². The Labute approximate surface area is 131 Å². The quantitative estimate of drug-likeness (QED) is 0.897. The average molecular weight is 315 g/mol. The van der Waals surface area contributed by atoms with Gasteiger partial charge in [-0.05, 0) is 49.9 Å². The van der Waals surface area contributed by atoms with E-state index in [0.717, 1.165) is 19.3 Å². The molecule has 5 heteroatoms. The number of amides is 1. The van der Waals surface area contributed by atoms with Gasteiger partial charge in [-0.1, -0.05) is 25.0 Å². The van der Waals surface area contributed by atoms with Crippen molar-refractivity contribution in [2.24, 2.45) is 11.7 Å². The van der Waals surface area contributed by atoms with Crippen molar-refractivity contribution < 1.29 is 9.18 Å². The van der Waals surface area contributed by atoms with E-state index in [1.165, 1.54) is 18.6 Å². The summed E-state index contributed by atoms with van der Waals surface area (Å²) in [5.74, 6) is -0.320. The Morgan fingerprint density at radius 3 is 2.81 bits per heavy atom. The molecule has 1 amide bonds. The van der Waals surface area contributed by atoms with Gasteiger partial charge in [-0.3, -0.25) is 4.79 Å². The van der Waals surface area contributed by atoms with Crippen molar-refractivity contribution in [1.82, 2.24) is 5.32 Å². The van der Waals surface area contributed by atoms with Gasteiger partial charge in [-0.2, -0.15) is 0 Å². The highest BCUT2D eigenvalue weighted by molar-refractivity contribution is 5.85. The third-order valence-electron chi connectivity index (χ3n) is 4.28. The predicted molar refractivity (Wildman–Crippen MR) is 85.0 cm³/mol. The lowest BCUT2D eigenvalue weighted by Gasteiger charge is -2.32. The molecule has 1 aliphatic carbocycles. The summed E-state index contributed by atoms with van der Waals surface area (Å²) in [6.45, 7) is 2.42. The van der Waals surface area contributed by atoms with Crippen molar-refractivity contribution >= 4 is 18.3 Å². The highest BCUT2D eigenvalue weighted by Gasteiger charge is 2.27. The number of halogens is 2. The molecule has 0 bridgehead atoms. The van der Waals surface area contributed by atoms with E-state index in [1.54, 1.807) is 12.1 Å². The molecular weight excluding hydrogens is 291 g/mol. The Morgan fingerprint density at radius 2 is 2.14 bits per heavy atom. The van der Waals surface area contributed by atoms with Crippen LogP contribution in [0.4, 0.5) is 4.39 Å². The molecule has 3 N–H and O–H groups in total.